The van der Waals surface area contributed by atoms with E-state index >= 15 is 0 Å². The Morgan fingerprint density at radius 1 is 0.974 bits per heavy atom. The number of alkyl carbamates (subject to hydrolysis) is 1. The Morgan fingerprint density at radius 3 is 2.29 bits per heavy atom. The first kappa shape index (κ1) is 29.0. The first-order chi connectivity index (χ1) is 17.9. The Morgan fingerprint density at radius 2 is 1.66 bits per heavy atom. The molecule has 0 fully saturated rings. The van der Waals surface area contributed by atoms with Crippen LogP contribution in [0.25, 0.3) is 10.8 Å². The molecule has 3 amide bonds. The molecular weight excluding hydrogens is 498 g/mol. The second kappa shape index (κ2) is 12.3. The smallest absolute Gasteiger partial charge is 0.408 e. The molecule has 0 saturated heterocycles. The molecule has 0 aromatic heterocycles. The van der Waals surface area contributed by atoms with Gasteiger partial charge >= 0.3 is 6.09 Å². The third kappa shape index (κ3) is 7.07. The lowest BCUT2D eigenvalue weighted by atomic mass is 9.95. The van der Waals surface area contributed by atoms with Crippen LogP contribution in [0.1, 0.15) is 50.4 Å². The Balaban J connectivity index is 1.97. The molecule has 8 heteroatoms. The van der Waals surface area contributed by atoms with Gasteiger partial charge in [0.2, 0.25) is 5.91 Å². The van der Waals surface area contributed by atoms with Crippen LogP contribution in [0.3, 0.4) is 0 Å². The third-order valence-corrected chi connectivity index (χ3v) is 6.68. The van der Waals surface area contributed by atoms with Crippen LogP contribution in [-0.2, 0) is 14.3 Å². The molecule has 38 heavy (non-hydrogen) atoms. The number of carbonyl (C=O) groups is 3. The highest BCUT2D eigenvalue weighted by molar-refractivity contribution is 7.80. The minimum absolute atomic E-state index is 0.0421. The largest absolute Gasteiger partial charge is 0.444 e. The summed E-state index contributed by atoms with van der Waals surface area (Å²) < 4.78 is 5.34. The van der Waals surface area contributed by atoms with Crippen molar-refractivity contribution in [2.75, 3.05) is 17.6 Å². The van der Waals surface area contributed by atoms with E-state index in [0.29, 0.717) is 11.3 Å². The van der Waals surface area contributed by atoms with Crippen LogP contribution in [0.2, 0.25) is 0 Å². The number of likely N-dealkylation sites (N-methyl/N-ethyl adjacent to an activating group) is 1. The fraction of sp³-hybridized carbons (Fsp3) is 0.367. The summed E-state index contributed by atoms with van der Waals surface area (Å²) in [6.45, 7) is 11.2. The maximum absolute atomic E-state index is 13.9. The number of aryl methyl sites for hydroxylation is 1. The van der Waals surface area contributed by atoms with Gasteiger partial charge in [0.1, 0.15) is 17.7 Å². The van der Waals surface area contributed by atoms with Crippen molar-refractivity contribution in [2.24, 2.45) is 0 Å². The second-order valence-electron chi connectivity index (χ2n) is 10.2. The molecule has 3 rings (SSSR count). The summed E-state index contributed by atoms with van der Waals surface area (Å²) in [5.74, 6) is -0.729. The fourth-order valence-electron chi connectivity index (χ4n) is 4.30. The number of carbonyl (C=O) groups excluding carboxylic acids is 3. The van der Waals surface area contributed by atoms with E-state index in [0.717, 1.165) is 21.9 Å². The third-order valence-electron chi connectivity index (χ3n) is 6.31. The molecule has 0 spiro atoms. The summed E-state index contributed by atoms with van der Waals surface area (Å²) in [6.07, 6.45) is -0.718. The van der Waals surface area contributed by atoms with Gasteiger partial charge in [-0.15, -0.1) is 0 Å². The Bertz CT molecular complexity index is 1320. The van der Waals surface area contributed by atoms with Gasteiger partial charge < -0.3 is 20.3 Å². The first-order valence-electron chi connectivity index (χ1n) is 12.7. The van der Waals surface area contributed by atoms with E-state index in [2.05, 4.69) is 23.3 Å². The molecule has 0 bridgehead atoms. The molecule has 2 N–H and O–H groups in total. The maximum Gasteiger partial charge on any atom is 0.408 e. The molecule has 0 aliphatic carbocycles. The van der Waals surface area contributed by atoms with E-state index in [9.17, 15) is 14.4 Å². The van der Waals surface area contributed by atoms with E-state index in [1.54, 1.807) is 20.8 Å². The second-order valence-corrected chi connectivity index (χ2v) is 10.6. The predicted octanol–water partition coefficient (Wildman–Crippen LogP) is 5.81. The SMILES string of the molecule is CCN(C(=O)C(CS)NC(=O)OC(C)(C)C)C(C(=O)Nc1ccc2ccccc2c1)c1cccc(C)c1C. The van der Waals surface area contributed by atoms with Crippen molar-refractivity contribution in [2.45, 2.75) is 59.2 Å². The van der Waals surface area contributed by atoms with E-state index in [4.69, 9.17) is 4.74 Å². The highest BCUT2D eigenvalue weighted by Gasteiger charge is 2.36. The molecule has 2 atom stereocenters. The number of ether oxygens (including phenoxy) is 1. The summed E-state index contributed by atoms with van der Waals surface area (Å²) in [7, 11) is 0. The number of thiol groups is 1. The highest BCUT2D eigenvalue weighted by Crippen LogP contribution is 2.29. The summed E-state index contributed by atoms with van der Waals surface area (Å²) in [4.78, 5) is 41.6. The fourth-order valence-corrected chi connectivity index (χ4v) is 4.55. The lowest BCUT2D eigenvalue weighted by Gasteiger charge is -2.34. The number of nitrogens with one attached hydrogen (secondary N) is 2. The van der Waals surface area contributed by atoms with Crippen LogP contribution in [0.5, 0.6) is 0 Å². The van der Waals surface area contributed by atoms with Crippen molar-refractivity contribution < 1.29 is 19.1 Å². The lowest BCUT2D eigenvalue weighted by molar-refractivity contribution is -0.140. The highest BCUT2D eigenvalue weighted by atomic mass is 32.1. The maximum atomic E-state index is 13.9. The van der Waals surface area contributed by atoms with E-state index < -0.39 is 29.7 Å². The zero-order valence-corrected chi connectivity index (χ0v) is 23.8. The number of nitrogens with zero attached hydrogens (tertiary/aromatic N) is 1. The number of benzene rings is 3. The zero-order chi connectivity index (χ0) is 28.0. The minimum atomic E-state index is -0.978. The van der Waals surface area contributed by atoms with Crippen molar-refractivity contribution in [1.82, 2.24) is 10.2 Å². The van der Waals surface area contributed by atoms with Crippen molar-refractivity contribution in [3.05, 3.63) is 77.4 Å². The molecule has 0 heterocycles. The van der Waals surface area contributed by atoms with Crippen LogP contribution in [-0.4, -0.2) is 46.7 Å². The summed E-state index contributed by atoms with van der Waals surface area (Å²) in [5, 5.41) is 7.69. The molecule has 202 valence electrons. The van der Waals surface area contributed by atoms with Crippen molar-refractivity contribution in [3.63, 3.8) is 0 Å². The quantitative estimate of drug-likeness (QED) is 0.318. The summed E-state index contributed by atoms with van der Waals surface area (Å²) in [6, 6.07) is 17.4. The van der Waals surface area contributed by atoms with Gasteiger partial charge in [-0.1, -0.05) is 48.5 Å². The van der Waals surface area contributed by atoms with Crippen molar-refractivity contribution >= 4 is 47.0 Å². The van der Waals surface area contributed by atoms with Gasteiger partial charge in [-0.05, 0) is 81.1 Å². The lowest BCUT2D eigenvalue weighted by Crippen LogP contribution is -2.53. The van der Waals surface area contributed by atoms with Crippen molar-refractivity contribution in [3.8, 4) is 0 Å². The molecule has 0 radical (unpaired) electrons. The number of hydrogen-bond acceptors (Lipinski definition) is 5. The van der Waals surface area contributed by atoms with Gasteiger partial charge in [0, 0.05) is 18.0 Å². The topological polar surface area (TPSA) is 87.7 Å². The number of rotatable bonds is 8. The average Bonchev–Trinajstić information content (AvgIpc) is 2.86. The Labute approximate surface area is 230 Å². The summed E-state index contributed by atoms with van der Waals surface area (Å²) >= 11 is 4.31. The molecule has 2 unspecified atom stereocenters. The van der Waals surface area contributed by atoms with Crippen LogP contribution >= 0.6 is 12.6 Å². The van der Waals surface area contributed by atoms with Crippen LogP contribution in [0, 0.1) is 13.8 Å². The molecule has 7 nitrogen and oxygen atoms in total. The number of fused-ring (bicyclic) bond motifs is 1. The Hall–Kier alpha value is -3.52. The first-order valence-corrected chi connectivity index (χ1v) is 13.3. The van der Waals surface area contributed by atoms with E-state index in [-0.39, 0.29) is 18.2 Å². The van der Waals surface area contributed by atoms with Gasteiger partial charge in [-0.2, -0.15) is 12.6 Å². The minimum Gasteiger partial charge on any atom is -0.444 e. The normalized spacial score (nSPS) is 12.9. The van der Waals surface area contributed by atoms with Crippen LogP contribution in [0.4, 0.5) is 10.5 Å². The number of amides is 3. The summed E-state index contributed by atoms with van der Waals surface area (Å²) in [5.41, 5.74) is 2.55. The molecule has 0 aliphatic heterocycles. The predicted molar refractivity (Wildman–Crippen MR) is 156 cm³/mol. The van der Waals surface area contributed by atoms with Gasteiger partial charge in [0.15, 0.2) is 0 Å². The number of anilines is 1. The van der Waals surface area contributed by atoms with Crippen LogP contribution < -0.4 is 10.6 Å². The van der Waals surface area contributed by atoms with Gasteiger partial charge in [-0.3, -0.25) is 9.59 Å². The standard InChI is InChI=1S/C30H37N3O4S/c1-7-33(28(35)25(18-38)32-29(36)37-30(4,5)6)26(24-14-10-11-19(2)20(24)3)27(34)31-23-16-15-21-12-8-9-13-22(21)17-23/h8-17,25-26,38H,7,18H2,1-6H3,(H,31,34)(H,32,36). The molecule has 0 aliphatic rings. The van der Waals surface area contributed by atoms with E-state index in [1.165, 1.54) is 4.90 Å². The molecule has 3 aromatic carbocycles. The molecular formula is C30H37N3O4S. The van der Waals surface area contributed by atoms with E-state index in [1.807, 2.05) is 81.4 Å². The Kier molecular flexibility index (Phi) is 9.44. The molecule has 3 aromatic rings. The average molecular weight is 536 g/mol. The van der Waals surface area contributed by atoms with Crippen molar-refractivity contribution in [1.29, 1.82) is 0 Å². The van der Waals surface area contributed by atoms with Gasteiger partial charge in [0.05, 0.1) is 0 Å². The monoisotopic (exact) mass is 535 g/mol. The number of hydrogen-bond donors (Lipinski definition) is 3. The zero-order valence-electron chi connectivity index (χ0n) is 22.9. The van der Waals surface area contributed by atoms with Crippen LogP contribution in [0.15, 0.2) is 60.7 Å². The van der Waals surface area contributed by atoms with Gasteiger partial charge in [-0.25, -0.2) is 4.79 Å². The van der Waals surface area contributed by atoms with Gasteiger partial charge in [0.25, 0.3) is 5.91 Å². The molecule has 0 saturated carbocycles.